The summed E-state index contributed by atoms with van der Waals surface area (Å²) >= 11 is 6.14. The van der Waals surface area contributed by atoms with Crippen LogP contribution in [0.1, 0.15) is 24.8 Å². The monoisotopic (exact) mass is 351 g/mol. The van der Waals surface area contributed by atoms with Gasteiger partial charge in [0.25, 0.3) is 5.69 Å². The SMILES string of the molecule is Cn1ccnc1C(O)C1CCN(c2ncc([N+](=O)[O-])cc2Cl)CC1. The Bertz CT molecular complexity index is 742. The number of hydrogen-bond donors (Lipinski definition) is 1. The largest absolute Gasteiger partial charge is 0.385 e. The molecule has 1 N–H and O–H groups in total. The van der Waals surface area contributed by atoms with E-state index < -0.39 is 11.0 Å². The third-order valence-corrected chi connectivity index (χ3v) is 4.70. The maximum absolute atomic E-state index is 10.8. The summed E-state index contributed by atoms with van der Waals surface area (Å²) in [5.41, 5.74) is -0.121. The van der Waals surface area contributed by atoms with Crippen LogP contribution in [0, 0.1) is 16.0 Å². The Labute approximate surface area is 143 Å². The van der Waals surface area contributed by atoms with Gasteiger partial charge >= 0.3 is 0 Å². The molecule has 1 saturated heterocycles. The van der Waals surface area contributed by atoms with Gasteiger partial charge in [0.1, 0.15) is 23.9 Å². The van der Waals surface area contributed by atoms with Crippen molar-refractivity contribution in [1.82, 2.24) is 14.5 Å². The molecule has 1 aliphatic rings. The van der Waals surface area contributed by atoms with Crippen molar-refractivity contribution >= 4 is 23.1 Å². The molecule has 1 fully saturated rings. The Morgan fingerprint density at radius 2 is 2.12 bits per heavy atom. The number of anilines is 1. The van der Waals surface area contributed by atoms with E-state index in [4.69, 9.17) is 11.6 Å². The number of rotatable bonds is 4. The van der Waals surface area contributed by atoms with Gasteiger partial charge < -0.3 is 14.6 Å². The topological polar surface area (TPSA) is 97.3 Å². The highest BCUT2D eigenvalue weighted by molar-refractivity contribution is 6.33. The molecule has 8 nitrogen and oxygen atoms in total. The van der Waals surface area contributed by atoms with Crippen molar-refractivity contribution in [2.45, 2.75) is 18.9 Å². The van der Waals surface area contributed by atoms with Crippen LogP contribution in [0.3, 0.4) is 0 Å². The normalized spacial score (nSPS) is 17.0. The number of imidazole rings is 1. The number of halogens is 1. The molecular weight excluding hydrogens is 334 g/mol. The molecule has 0 aliphatic carbocycles. The molecule has 1 aliphatic heterocycles. The number of aryl methyl sites for hydroxylation is 1. The molecule has 0 saturated carbocycles. The first-order chi connectivity index (χ1) is 11.5. The minimum absolute atomic E-state index is 0.110. The summed E-state index contributed by atoms with van der Waals surface area (Å²) in [6.45, 7) is 1.35. The number of hydrogen-bond acceptors (Lipinski definition) is 6. The average molecular weight is 352 g/mol. The Morgan fingerprint density at radius 3 is 2.67 bits per heavy atom. The molecule has 0 spiro atoms. The van der Waals surface area contributed by atoms with Gasteiger partial charge in [-0.05, 0) is 18.8 Å². The van der Waals surface area contributed by atoms with Crippen molar-refractivity contribution in [3.05, 3.63) is 45.6 Å². The van der Waals surface area contributed by atoms with Gasteiger partial charge in [0.15, 0.2) is 0 Å². The molecule has 2 aromatic rings. The first-order valence-corrected chi connectivity index (χ1v) is 8.05. The zero-order chi connectivity index (χ0) is 17.3. The third kappa shape index (κ3) is 3.20. The van der Waals surface area contributed by atoms with Crippen LogP contribution in [-0.2, 0) is 7.05 Å². The zero-order valence-corrected chi connectivity index (χ0v) is 13.9. The number of aliphatic hydroxyl groups excluding tert-OH is 1. The van der Waals surface area contributed by atoms with E-state index in [0.717, 1.165) is 12.8 Å². The Kier molecular flexibility index (Phi) is 4.68. The van der Waals surface area contributed by atoms with Crippen molar-refractivity contribution < 1.29 is 10.0 Å². The Hall–Kier alpha value is -2.19. The Morgan fingerprint density at radius 1 is 1.42 bits per heavy atom. The molecule has 9 heteroatoms. The van der Waals surface area contributed by atoms with Gasteiger partial charge in [-0.1, -0.05) is 11.6 Å². The molecule has 2 aromatic heterocycles. The maximum Gasteiger partial charge on any atom is 0.289 e. The molecule has 0 amide bonds. The number of aromatic nitrogens is 3. The van der Waals surface area contributed by atoms with Crippen molar-refractivity contribution in [1.29, 1.82) is 0 Å². The molecule has 3 heterocycles. The van der Waals surface area contributed by atoms with Crippen LogP contribution in [0.25, 0.3) is 0 Å². The predicted octanol–water partition coefficient (Wildman–Crippen LogP) is 2.33. The summed E-state index contributed by atoms with van der Waals surface area (Å²) in [7, 11) is 1.86. The fraction of sp³-hybridized carbons (Fsp3) is 0.467. The van der Waals surface area contributed by atoms with Crippen LogP contribution >= 0.6 is 11.6 Å². The fourth-order valence-corrected chi connectivity index (χ4v) is 3.33. The van der Waals surface area contributed by atoms with Crippen molar-refractivity contribution in [3.63, 3.8) is 0 Å². The van der Waals surface area contributed by atoms with Crippen LogP contribution in [-0.4, -0.2) is 37.7 Å². The van der Waals surface area contributed by atoms with E-state index in [9.17, 15) is 15.2 Å². The van der Waals surface area contributed by atoms with Gasteiger partial charge in [0.2, 0.25) is 0 Å². The smallest absolute Gasteiger partial charge is 0.289 e. The number of piperidine rings is 1. The summed E-state index contributed by atoms with van der Waals surface area (Å²) < 4.78 is 1.83. The quantitative estimate of drug-likeness (QED) is 0.670. The molecule has 1 unspecified atom stereocenters. The summed E-state index contributed by atoms with van der Waals surface area (Å²) in [5.74, 6) is 1.33. The first-order valence-electron chi connectivity index (χ1n) is 7.67. The molecule has 24 heavy (non-hydrogen) atoms. The standard InChI is InChI=1S/C15H18ClN5O3/c1-19-7-4-17-15(19)13(22)10-2-5-20(6-3-10)14-12(16)8-11(9-18-14)21(23)24/h4,7-10,13,22H,2-3,5-6H2,1H3. The lowest BCUT2D eigenvalue weighted by Crippen LogP contribution is -2.36. The van der Waals surface area contributed by atoms with E-state index in [1.165, 1.54) is 12.3 Å². The molecule has 128 valence electrons. The minimum atomic E-state index is -0.604. The summed E-state index contributed by atoms with van der Waals surface area (Å²) in [4.78, 5) is 20.6. The van der Waals surface area contributed by atoms with Gasteiger partial charge in [-0.3, -0.25) is 10.1 Å². The lowest BCUT2D eigenvalue weighted by Gasteiger charge is -2.34. The number of aliphatic hydroxyl groups is 1. The van der Waals surface area contributed by atoms with Crippen LogP contribution in [0.5, 0.6) is 0 Å². The lowest BCUT2D eigenvalue weighted by molar-refractivity contribution is -0.385. The van der Waals surface area contributed by atoms with E-state index >= 15 is 0 Å². The molecule has 1 atom stereocenters. The van der Waals surface area contributed by atoms with Gasteiger partial charge in [-0.2, -0.15) is 0 Å². The maximum atomic E-state index is 10.8. The van der Waals surface area contributed by atoms with Gasteiger partial charge in [-0.25, -0.2) is 9.97 Å². The van der Waals surface area contributed by atoms with Crippen LogP contribution in [0.2, 0.25) is 5.02 Å². The second kappa shape index (κ2) is 6.74. The van der Waals surface area contributed by atoms with Crippen molar-refractivity contribution in [2.75, 3.05) is 18.0 Å². The minimum Gasteiger partial charge on any atom is -0.385 e. The molecule has 3 rings (SSSR count). The van der Waals surface area contributed by atoms with E-state index in [2.05, 4.69) is 9.97 Å². The van der Waals surface area contributed by atoms with E-state index in [0.29, 0.717) is 24.7 Å². The van der Waals surface area contributed by atoms with E-state index in [1.807, 2.05) is 22.7 Å². The first kappa shape index (κ1) is 16.7. The third-order valence-electron chi connectivity index (χ3n) is 4.43. The van der Waals surface area contributed by atoms with Crippen molar-refractivity contribution in [2.24, 2.45) is 13.0 Å². The summed E-state index contributed by atoms with van der Waals surface area (Å²) in [5, 5.41) is 21.5. The summed E-state index contributed by atoms with van der Waals surface area (Å²) in [6, 6.07) is 1.32. The van der Waals surface area contributed by atoms with Crippen molar-refractivity contribution in [3.8, 4) is 0 Å². The molecular formula is C15H18ClN5O3. The highest BCUT2D eigenvalue weighted by atomic mass is 35.5. The molecule has 0 aromatic carbocycles. The highest BCUT2D eigenvalue weighted by Gasteiger charge is 2.29. The predicted molar refractivity (Wildman–Crippen MR) is 89.0 cm³/mol. The van der Waals surface area contributed by atoms with Crippen LogP contribution in [0.15, 0.2) is 24.7 Å². The van der Waals surface area contributed by atoms with Gasteiger partial charge in [0.05, 0.1) is 9.95 Å². The Balaban J connectivity index is 1.67. The summed E-state index contributed by atoms with van der Waals surface area (Å²) in [6.07, 6.45) is 5.64. The highest BCUT2D eigenvalue weighted by Crippen LogP contribution is 2.34. The van der Waals surface area contributed by atoms with Gasteiger partial charge in [0, 0.05) is 38.6 Å². The molecule has 0 bridgehead atoms. The number of pyridine rings is 1. The van der Waals surface area contributed by atoms with Crippen LogP contribution < -0.4 is 4.90 Å². The molecule has 0 radical (unpaired) electrons. The second-order valence-electron chi connectivity index (χ2n) is 5.92. The zero-order valence-electron chi connectivity index (χ0n) is 13.2. The van der Waals surface area contributed by atoms with E-state index in [-0.39, 0.29) is 16.6 Å². The lowest BCUT2D eigenvalue weighted by atomic mass is 9.90. The van der Waals surface area contributed by atoms with Gasteiger partial charge in [-0.15, -0.1) is 0 Å². The second-order valence-corrected chi connectivity index (χ2v) is 6.33. The fourth-order valence-electron chi connectivity index (χ4n) is 3.05. The average Bonchev–Trinajstić information content (AvgIpc) is 3.00. The number of nitrogens with zero attached hydrogens (tertiary/aromatic N) is 5. The number of nitro groups is 1. The van der Waals surface area contributed by atoms with E-state index in [1.54, 1.807) is 6.20 Å². The van der Waals surface area contributed by atoms with Crippen LogP contribution in [0.4, 0.5) is 11.5 Å².